The Kier molecular flexibility index (Phi) is 6.54. The molecule has 1 aliphatic rings. The highest BCUT2D eigenvalue weighted by molar-refractivity contribution is 5.23. The number of halogens is 1. The Morgan fingerprint density at radius 1 is 1.00 bits per heavy atom. The third-order valence-electron chi connectivity index (χ3n) is 5.41. The summed E-state index contributed by atoms with van der Waals surface area (Å²) in [5.74, 6) is 0.0937. The normalized spacial score (nSPS) is 14.2. The summed E-state index contributed by atoms with van der Waals surface area (Å²) in [6, 6.07) is 14.8. The van der Waals surface area contributed by atoms with Crippen molar-refractivity contribution in [2.45, 2.75) is 39.0 Å². The molecule has 0 saturated carbocycles. The summed E-state index contributed by atoms with van der Waals surface area (Å²) in [7, 11) is 0. The maximum Gasteiger partial charge on any atom is 0.254 e. The number of hydrogen-bond donors (Lipinski definition) is 0. The zero-order valence-corrected chi connectivity index (χ0v) is 17.0. The monoisotopic (exact) mass is 407 g/mol. The highest BCUT2D eigenvalue weighted by Gasteiger charge is 2.11. The van der Waals surface area contributed by atoms with Crippen LogP contribution < -0.4 is 10.3 Å². The molecule has 0 N–H and O–H groups in total. The van der Waals surface area contributed by atoms with Crippen LogP contribution in [0.15, 0.2) is 65.7 Å². The lowest BCUT2D eigenvalue weighted by Gasteiger charge is -2.14. The van der Waals surface area contributed by atoms with E-state index in [-0.39, 0.29) is 18.0 Å². The molecule has 5 nitrogen and oxygen atoms in total. The Morgan fingerprint density at radius 2 is 1.77 bits per heavy atom. The lowest BCUT2D eigenvalue weighted by molar-refractivity contribution is 0.299. The predicted molar refractivity (Wildman–Crippen MR) is 114 cm³/mol. The third kappa shape index (κ3) is 5.54. The van der Waals surface area contributed by atoms with Crippen molar-refractivity contribution in [1.82, 2.24) is 14.5 Å². The van der Waals surface area contributed by atoms with Crippen molar-refractivity contribution in [1.29, 1.82) is 0 Å². The standard InChI is InChI=1S/C24H26FN3O2/c25-21-7-8-22(26-16-21)18-30-23-10-14-28(24(29)15-23)13-9-19-3-5-20(6-4-19)17-27-11-1-2-12-27/h3-8,10,14-16H,1-2,9,11-13,17-18H2. The van der Waals surface area contributed by atoms with Crippen LogP contribution in [0, 0.1) is 5.82 Å². The van der Waals surface area contributed by atoms with Crippen LogP contribution in [0.25, 0.3) is 0 Å². The maximum atomic E-state index is 12.9. The summed E-state index contributed by atoms with van der Waals surface area (Å²) < 4.78 is 20.2. The number of benzene rings is 1. The molecule has 0 atom stereocenters. The fourth-order valence-electron chi connectivity index (χ4n) is 3.67. The van der Waals surface area contributed by atoms with E-state index in [9.17, 15) is 9.18 Å². The first-order valence-corrected chi connectivity index (χ1v) is 10.4. The minimum absolute atomic E-state index is 0.106. The van der Waals surface area contributed by atoms with E-state index in [1.54, 1.807) is 22.9 Å². The van der Waals surface area contributed by atoms with Crippen molar-refractivity contribution in [3.8, 4) is 5.75 Å². The van der Waals surface area contributed by atoms with Crippen LogP contribution in [0.3, 0.4) is 0 Å². The Hall–Kier alpha value is -2.99. The average Bonchev–Trinajstić information content (AvgIpc) is 3.27. The molecule has 0 bridgehead atoms. The first-order chi connectivity index (χ1) is 14.7. The molecule has 6 heteroatoms. The Labute approximate surface area is 175 Å². The summed E-state index contributed by atoms with van der Waals surface area (Å²) in [4.78, 5) is 18.8. The molecule has 0 unspecified atom stereocenters. The lowest BCUT2D eigenvalue weighted by atomic mass is 10.1. The highest BCUT2D eigenvalue weighted by atomic mass is 19.1. The largest absolute Gasteiger partial charge is 0.487 e. The van der Waals surface area contributed by atoms with Gasteiger partial charge < -0.3 is 9.30 Å². The van der Waals surface area contributed by atoms with E-state index < -0.39 is 0 Å². The summed E-state index contributed by atoms with van der Waals surface area (Å²) in [5.41, 5.74) is 3.06. The molecule has 0 spiro atoms. The van der Waals surface area contributed by atoms with Gasteiger partial charge in [-0.2, -0.15) is 0 Å². The van der Waals surface area contributed by atoms with Crippen molar-refractivity contribution in [3.05, 3.63) is 93.9 Å². The fourth-order valence-corrected chi connectivity index (χ4v) is 3.67. The number of aryl methyl sites for hydroxylation is 2. The topological polar surface area (TPSA) is 47.4 Å². The van der Waals surface area contributed by atoms with Crippen molar-refractivity contribution in [3.63, 3.8) is 0 Å². The molecule has 1 aliphatic heterocycles. The molecular weight excluding hydrogens is 381 g/mol. The molecule has 2 aromatic heterocycles. The van der Waals surface area contributed by atoms with Gasteiger partial charge in [-0.05, 0) is 61.7 Å². The van der Waals surface area contributed by atoms with Gasteiger partial charge in [-0.3, -0.25) is 14.7 Å². The van der Waals surface area contributed by atoms with E-state index in [1.165, 1.54) is 49.2 Å². The molecule has 1 aromatic carbocycles. The van der Waals surface area contributed by atoms with Gasteiger partial charge in [0.25, 0.3) is 5.56 Å². The molecule has 1 fully saturated rings. The van der Waals surface area contributed by atoms with Crippen LogP contribution >= 0.6 is 0 Å². The molecule has 30 heavy (non-hydrogen) atoms. The van der Waals surface area contributed by atoms with Gasteiger partial charge in [0.15, 0.2) is 0 Å². The van der Waals surface area contributed by atoms with Gasteiger partial charge in [0.05, 0.1) is 11.9 Å². The van der Waals surface area contributed by atoms with Crippen molar-refractivity contribution in [2.24, 2.45) is 0 Å². The number of hydrogen-bond acceptors (Lipinski definition) is 4. The Bertz CT molecular complexity index is 1010. The van der Waals surface area contributed by atoms with Gasteiger partial charge >= 0.3 is 0 Å². The number of pyridine rings is 2. The summed E-state index contributed by atoms with van der Waals surface area (Å²) in [6.45, 7) is 4.22. The van der Waals surface area contributed by atoms with E-state index in [2.05, 4.69) is 34.1 Å². The molecule has 3 heterocycles. The minimum atomic E-state index is -0.387. The Balaban J connectivity index is 1.29. The second kappa shape index (κ2) is 9.67. The van der Waals surface area contributed by atoms with Crippen LogP contribution in [0.1, 0.15) is 29.7 Å². The van der Waals surface area contributed by atoms with Gasteiger partial charge in [0.2, 0.25) is 0 Å². The number of aromatic nitrogens is 2. The van der Waals surface area contributed by atoms with E-state index >= 15 is 0 Å². The van der Waals surface area contributed by atoms with Gasteiger partial charge in [-0.15, -0.1) is 0 Å². The SMILES string of the molecule is O=c1cc(OCc2ccc(F)cn2)ccn1CCc1ccc(CN2CCCC2)cc1. The molecule has 0 radical (unpaired) electrons. The molecule has 0 amide bonds. The van der Waals surface area contributed by atoms with Crippen LogP contribution in [0.4, 0.5) is 4.39 Å². The molecule has 0 aliphatic carbocycles. The second-order valence-corrected chi connectivity index (χ2v) is 7.70. The number of ether oxygens (including phenoxy) is 1. The van der Waals surface area contributed by atoms with Gasteiger partial charge in [-0.1, -0.05) is 24.3 Å². The Morgan fingerprint density at radius 3 is 2.47 bits per heavy atom. The first-order valence-electron chi connectivity index (χ1n) is 10.4. The third-order valence-corrected chi connectivity index (χ3v) is 5.41. The van der Waals surface area contributed by atoms with Gasteiger partial charge in [0, 0.05) is 25.4 Å². The van der Waals surface area contributed by atoms with Gasteiger partial charge in [-0.25, -0.2) is 4.39 Å². The van der Waals surface area contributed by atoms with Gasteiger partial charge in [0.1, 0.15) is 18.2 Å². The maximum absolute atomic E-state index is 12.9. The van der Waals surface area contributed by atoms with E-state index in [0.29, 0.717) is 18.0 Å². The van der Waals surface area contributed by atoms with Crippen molar-refractivity contribution >= 4 is 0 Å². The van der Waals surface area contributed by atoms with E-state index in [0.717, 1.165) is 19.2 Å². The number of likely N-dealkylation sites (tertiary alicyclic amines) is 1. The molecule has 3 aromatic rings. The first kappa shape index (κ1) is 20.3. The molecule has 4 rings (SSSR count). The summed E-state index contributed by atoms with van der Waals surface area (Å²) >= 11 is 0. The van der Waals surface area contributed by atoms with E-state index in [1.807, 2.05) is 0 Å². The predicted octanol–water partition coefficient (Wildman–Crippen LogP) is 3.80. The van der Waals surface area contributed by atoms with Crippen molar-refractivity contribution < 1.29 is 9.13 Å². The van der Waals surface area contributed by atoms with Crippen LogP contribution in [-0.4, -0.2) is 27.5 Å². The van der Waals surface area contributed by atoms with Crippen molar-refractivity contribution in [2.75, 3.05) is 13.1 Å². The zero-order valence-electron chi connectivity index (χ0n) is 17.0. The molecule has 1 saturated heterocycles. The molecule has 156 valence electrons. The number of rotatable bonds is 8. The number of nitrogens with zero attached hydrogens (tertiary/aromatic N) is 3. The second-order valence-electron chi connectivity index (χ2n) is 7.70. The minimum Gasteiger partial charge on any atom is -0.487 e. The average molecular weight is 407 g/mol. The quantitative estimate of drug-likeness (QED) is 0.570. The van der Waals surface area contributed by atoms with Crippen LogP contribution in [-0.2, 0) is 26.1 Å². The van der Waals surface area contributed by atoms with E-state index in [4.69, 9.17) is 4.74 Å². The summed E-state index contributed by atoms with van der Waals surface area (Å²) in [5, 5.41) is 0. The lowest BCUT2D eigenvalue weighted by Crippen LogP contribution is -2.20. The van der Waals surface area contributed by atoms with Crippen LogP contribution in [0.2, 0.25) is 0 Å². The zero-order chi connectivity index (χ0) is 20.8. The highest BCUT2D eigenvalue weighted by Crippen LogP contribution is 2.14. The summed E-state index contributed by atoms with van der Waals surface area (Å²) in [6.07, 6.45) is 6.30. The smallest absolute Gasteiger partial charge is 0.254 e. The van der Waals surface area contributed by atoms with Crippen LogP contribution in [0.5, 0.6) is 5.75 Å². The fraction of sp³-hybridized carbons (Fsp3) is 0.333. The molecular formula is C24H26FN3O2.